The van der Waals surface area contributed by atoms with Gasteiger partial charge in [-0.2, -0.15) is 0 Å². The minimum atomic E-state index is -3.30. The fourth-order valence-electron chi connectivity index (χ4n) is 2.00. The summed E-state index contributed by atoms with van der Waals surface area (Å²) in [5.74, 6) is -0.176. The molecule has 0 aromatic heterocycles. The Morgan fingerprint density at radius 3 is 2.84 bits per heavy atom. The Morgan fingerprint density at radius 2 is 2.26 bits per heavy atom. The van der Waals surface area contributed by atoms with Crippen LogP contribution < -0.4 is 4.89 Å². The molecular formula is C14H16ClO3P. The van der Waals surface area contributed by atoms with E-state index in [1.807, 2.05) is 30.3 Å². The lowest BCUT2D eigenvalue weighted by Gasteiger charge is -2.23. The van der Waals surface area contributed by atoms with Gasteiger partial charge in [-0.05, 0) is 12.5 Å². The highest BCUT2D eigenvalue weighted by Crippen LogP contribution is 2.69. The normalized spacial score (nSPS) is 29.3. The smallest absolute Gasteiger partial charge is 0.269 e. The van der Waals surface area contributed by atoms with Crippen LogP contribution >= 0.6 is 19.5 Å². The van der Waals surface area contributed by atoms with Crippen LogP contribution in [0.25, 0.3) is 5.03 Å². The molecule has 102 valence electrons. The van der Waals surface area contributed by atoms with E-state index in [-0.39, 0.29) is 5.92 Å². The van der Waals surface area contributed by atoms with E-state index in [4.69, 9.17) is 20.6 Å². The Morgan fingerprint density at radius 1 is 1.58 bits per heavy atom. The van der Waals surface area contributed by atoms with E-state index < -0.39 is 7.94 Å². The summed E-state index contributed by atoms with van der Waals surface area (Å²) in [6, 6.07) is 9.38. The van der Waals surface area contributed by atoms with Gasteiger partial charge in [0.05, 0.1) is 17.6 Å². The molecule has 0 spiro atoms. The summed E-state index contributed by atoms with van der Waals surface area (Å²) >= 11 is 6.41. The standard InChI is InChI=1S/C14H16ClO3P/c1-3-11-10-18-19(16,17-4-2)14(11)13(15)12-8-6-5-7-9-12/h3,5-9,11H,1,4,10H2,2H3/b14-13+. The topological polar surface area (TPSA) is 41.5 Å². The number of rotatable bonds is 4. The van der Waals surface area contributed by atoms with E-state index in [0.29, 0.717) is 23.6 Å². The molecule has 0 bridgehead atoms. The Balaban J connectivity index is 2.49. The number of halogens is 1. The average molecular weight is 299 g/mol. The van der Waals surface area contributed by atoms with Crippen LogP contribution in [0.1, 0.15) is 12.5 Å². The Kier molecular flexibility index (Phi) is 4.77. The predicted molar refractivity (Wildman–Crippen MR) is 77.4 cm³/mol. The summed E-state index contributed by atoms with van der Waals surface area (Å²) in [5, 5.41) is 0.942. The molecule has 1 aromatic rings. The molecule has 0 N–H and O–H groups in total. The van der Waals surface area contributed by atoms with Gasteiger partial charge < -0.3 is 4.89 Å². The summed E-state index contributed by atoms with van der Waals surface area (Å²) in [4.78, 5) is 12.7. The van der Waals surface area contributed by atoms with Crippen molar-refractivity contribution in [3.05, 3.63) is 53.9 Å². The molecular weight excluding hydrogens is 283 g/mol. The fraction of sp³-hybridized carbons (Fsp3) is 0.286. The molecule has 1 aliphatic rings. The van der Waals surface area contributed by atoms with E-state index >= 15 is 0 Å². The molecule has 0 radical (unpaired) electrons. The van der Waals surface area contributed by atoms with E-state index in [9.17, 15) is 4.89 Å². The third kappa shape index (κ3) is 2.91. The van der Waals surface area contributed by atoms with E-state index in [1.165, 1.54) is 0 Å². The van der Waals surface area contributed by atoms with Crippen LogP contribution in [0.3, 0.4) is 0 Å². The second-order valence-corrected chi connectivity index (χ2v) is 6.49. The maximum atomic E-state index is 12.7. The maximum absolute atomic E-state index is 12.7. The first-order valence-electron chi connectivity index (χ1n) is 6.09. The molecule has 5 heteroatoms. The summed E-state index contributed by atoms with van der Waals surface area (Å²) in [6.45, 7) is 6.12. The zero-order chi connectivity index (χ0) is 13.9. The van der Waals surface area contributed by atoms with Crippen molar-refractivity contribution in [2.24, 2.45) is 5.92 Å². The molecule has 19 heavy (non-hydrogen) atoms. The average Bonchev–Trinajstić information content (AvgIpc) is 2.76. The van der Waals surface area contributed by atoms with Gasteiger partial charge >= 0.3 is 0 Å². The lowest BCUT2D eigenvalue weighted by molar-refractivity contribution is -0.211. The van der Waals surface area contributed by atoms with Crippen molar-refractivity contribution < 1.29 is 13.9 Å². The molecule has 0 amide bonds. The first kappa shape index (κ1) is 14.7. The van der Waals surface area contributed by atoms with Crippen molar-refractivity contribution in [2.45, 2.75) is 6.92 Å². The van der Waals surface area contributed by atoms with Crippen LogP contribution in [-0.2, 0) is 9.05 Å². The van der Waals surface area contributed by atoms with Crippen molar-refractivity contribution in [2.75, 3.05) is 13.2 Å². The molecule has 1 saturated heterocycles. The molecule has 0 saturated carbocycles. The monoisotopic (exact) mass is 298 g/mol. The SMILES string of the molecule is C=CC1CO[P+]([O-])(OCC)/C1=C(/Cl)c1ccccc1. The third-order valence-electron chi connectivity index (χ3n) is 2.91. The van der Waals surface area contributed by atoms with Crippen molar-refractivity contribution in [1.82, 2.24) is 0 Å². The predicted octanol–water partition coefficient (Wildman–Crippen LogP) is 3.59. The molecule has 2 unspecified atom stereocenters. The number of hydrogen-bond acceptors (Lipinski definition) is 3. The van der Waals surface area contributed by atoms with Gasteiger partial charge in [0.15, 0.2) is 5.31 Å². The van der Waals surface area contributed by atoms with Crippen LogP contribution in [0.4, 0.5) is 0 Å². The minimum absolute atomic E-state index is 0.176. The zero-order valence-electron chi connectivity index (χ0n) is 10.7. The van der Waals surface area contributed by atoms with E-state index in [1.54, 1.807) is 13.0 Å². The highest BCUT2D eigenvalue weighted by atomic mass is 35.5. The van der Waals surface area contributed by atoms with Gasteiger partial charge in [0, 0.05) is 0 Å². The molecule has 0 aliphatic carbocycles. The lowest BCUT2D eigenvalue weighted by atomic mass is 10.1. The van der Waals surface area contributed by atoms with Gasteiger partial charge in [-0.15, -0.1) is 6.58 Å². The molecule has 1 aliphatic heterocycles. The highest BCUT2D eigenvalue weighted by molar-refractivity contribution is 7.64. The lowest BCUT2D eigenvalue weighted by Crippen LogP contribution is -2.14. The van der Waals surface area contributed by atoms with Gasteiger partial charge in [0.2, 0.25) is 0 Å². The summed E-state index contributed by atoms with van der Waals surface area (Å²) in [7, 11) is -3.30. The first-order valence-corrected chi connectivity index (χ1v) is 8.01. The van der Waals surface area contributed by atoms with Crippen LogP contribution in [0.15, 0.2) is 48.3 Å². The summed E-state index contributed by atoms with van der Waals surface area (Å²) < 4.78 is 10.7. The van der Waals surface area contributed by atoms with Crippen LogP contribution in [0.5, 0.6) is 0 Å². The van der Waals surface area contributed by atoms with Crippen molar-refractivity contribution >= 4 is 24.6 Å². The fourth-order valence-corrected chi connectivity index (χ4v) is 4.58. The van der Waals surface area contributed by atoms with Crippen LogP contribution in [-0.4, -0.2) is 13.2 Å². The molecule has 1 aromatic carbocycles. The molecule has 2 atom stereocenters. The third-order valence-corrected chi connectivity index (χ3v) is 5.69. The quantitative estimate of drug-likeness (QED) is 0.630. The van der Waals surface area contributed by atoms with E-state index in [0.717, 1.165) is 5.56 Å². The van der Waals surface area contributed by atoms with Gasteiger partial charge in [-0.1, -0.05) is 48.0 Å². The zero-order valence-corrected chi connectivity index (χ0v) is 12.4. The van der Waals surface area contributed by atoms with Crippen molar-refractivity contribution in [3.63, 3.8) is 0 Å². The Bertz CT molecular complexity index is 489. The largest absolute Gasteiger partial charge is 0.627 e. The second kappa shape index (κ2) is 6.17. The first-order chi connectivity index (χ1) is 9.12. The number of hydrogen-bond donors (Lipinski definition) is 0. The van der Waals surface area contributed by atoms with Gasteiger partial charge in [-0.3, -0.25) is 0 Å². The minimum Gasteiger partial charge on any atom is -0.627 e. The maximum Gasteiger partial charge on any atom is 0.269 e. The van der Waals surface area contributed by atoms with Gasteiger partial charge in [-0.25, -0.2) is 9.05 Å². The molecule has 1 fully saturated rings. The molecule has 2 rings (SSSR count). The van der Waals surface area contributed by atoms with Crippen molar-refractivity contribution in [1.29, 1.82) is 0 Å². The van der Waals surface area contributed by atoms with Crippen LogP contribution in [0, 0.1) is 5.92 Å². The number of benzene rings is 1. The van der Waals surface area contributed by atoms with Gasteiger partial charge in [0.25, 0.3) is 7.94 Å². The van der Waals surface area contributed by atoms with Crippen molar-refractivity contribution in [3.8, 4) is 0 Å². The summed E-state index contributed by atoms with van der Waals surface area (Å²) in [5.41, 5.74) is 0.802. The van der Waals surface area contributed by atoms with Gasteiger partial charge in [0.1, 0.15) is 6.61 Å². The Labute approximate surface area is 119 Å². The second-order valence-electron chi connectivity index (χ2n) is 4.12. The summed E-state index contributed by atoms with van der Waals surface area (Å²) in [6.07, 6.45) is 1.69. The Hall–Kier alpha value is -0.700. The van der Waals surface area contributed by atoms with E-state index in [2.05, 4.69) is 6.58 Å². The van der Waals surface area contributed by atoms with Crippen LogP contribution in [0.2, 0.25) is 0 Å². The molecule has 3 nitrogen and oxygen atoms in total. The molecule has 1 heterocycles. The highest BCUT2D eigenvalue weighted by Gasteiger charge is 2.49.